The van der Waals surface area contributed by atoms with E-state index in [-0.39, 0.29) is 17.2 Å². The summed E-state index contributed by atoms with van der Waals surface area (Å²) in [6, 6.07) is 3.64. The Hall–Kier alpha value is -2.11. The Morgan fingerprint density at radius 3 is 2.67 bits per heavy atom. The van der Waals surface area contributed by atoms with E-state index in [9.17, 15) is 14.0 Å². The van der Waals surface area contributed by atoms with E-state index in [2.05, 4.69) is 0 Å². The van der Waals surface area contributed by atoms with Crippen molar-refractivity contribution in [3.63, 3.8) is 0 Å². The average molecular weight is 254 g/mol. The molecule has 98 valence electrons. The first-order valence-electron chi connectivity index (χ1n) is 5.41. The van der Waals surface area contributed by atoms with Crippen molar-refractivity contribution in [3.05, 3.63) is 29.6 Å². The summed E-state index contributed by atoms with van der Waals surface area (Å²) in [7, 11) is 1.58. The molecule has 0 fully saturated rings. The summed E-state index contributed by atoms with van der Waals surface area (Å²) in [6.07, 6.45) is 0. The van der Waals surface area contributed by atoms with Crippen LogP contribution in [0.5, 0.6) is 0 Å². The van der Waals surface area contributed by atoms with Gasteiger partial charge in [0.15, 0.2) is 6.61 Å². The van der Waals surface area contributed by atoms with Crippen LogP contribution in [-0.2, 0) is 9.53 Å². The minimum Gasteiger partial charge on any atom is -0.452 e. The van der Waals surface area contributed by atoms with Crippen LogP contribution in [0.3, 0.4) is 0 Å². The molecule has 0 atom stereocenters. The molecular weight excluding hydrogens is 239 g/mol. The van der Waals surface area contributed by atoms with Gasteiger partial charge in [0, 0.05) is 19.3 Å². The quantitative estimate of drug-likeness (QED) is 0.643. The number of nitrogen functional groups attached to an aromatic ring is 1. The van der Waals surface area contributed by atoms with Gasteiger partial charge in [-0.15, -0.1) is 0 Å². The molecule has 0 radical (unpaired) electrons. The largest absolute Gasteiger partial charge is 0.452 e. The summed E-state index contributed by atoms with van der Waals surface area (Å²) >= 11 is 0. The Kier molecular flexibility index (Phi) is 4.65. The number of ether oxygens (including phenoxy) is 1. The summed E-state index contributed by atoms with van der Waals surface area (Å²) in [5.41, 5.74) is 5.33. The second kappa shape index (κ2) is 6.00. The van der Waals surface area contributed by atoms with Crippen LogP contribution in [0.25, 0.3) is 0 Å². The van der Waals surface area contributed by atoms with Crippen LogP contribution in [0.2, 0.25) is 0 Å². The van der Waals surface area contributed by atoms with E-state index in [0.29, 0.717) is 6.54 Å². The molecule has 0 aromatic heterocycles. The third-order valence-electron chi connectivity index (χ3n) is 2.44. The molecule has 0 bridgehead atoms. The SMILES string of the molecule is CCN(C)C(=O)COC(=O)c1ccc(N)cc1F. The molecule has 18 heavy (non-hydrogen) atoms. The molecule has 0 saturated carbocycles. The Balaban J connectivity index is 2.63. The van der Waals surface area contributed by atoms with Gasteiger partial charge in [0.05, 0.1) is 5.56 Å². The first-order chi connectivity index (χ1) is 8.45. The fourth-order valence-electron chi connectivity index (χ4n) is 1.19. The highest BCUT2D eigenvalue weighted by molar-refractivity contribution is 5.91. The number of halogens is 1. The molecule has 0 heterocycles. The number of esters is 1. The number of anilines is 1. The number of likely N-dealkylation sites (N-methyl/N-ethyl adjacent to an activating group) is 1. The van der Waals surface area contributed by atoms with Crippen LogP contribution in [0.15, 0.2) is 18.2 Å². The van der Waals surface area contributed by atoms with Crippen molar-refractivity contribution in [3.8, 4) is 0 Å². The van der Waals surface area contributed by atoms with Gasteiger partial charge in [-0.25, -0.2) is 9.18 Å². The topological polar surface area (TPSA) is 72.6 Å². The van der Waals surface area contributed by atoms with Crippen LogP contribution in [0.1, 0.15) is 17.3 Å². The van der Waals surface area contributed by atoms with Crippen LogP contribution >= 0.6 is 0 Å². The van der Waals surface area contributed by atoms with Crippen LogP contribution in [0.4, 0.5) is 10.1 Å². The predicted octanol–water partition coefficient (Wildman–Crippen LogP) is 1.04. The number of nitrogens with zero attached hydrogens (tertiary/aromatic N) is 1. The second-order valence-electron chi connectivity index (χ2n) is 3.72. The smallest absolute Gasteiger partial charge is 0.341 e. The zero-order chi connectivity index (χ0) is 13.7. The van der Waals surface area contributed by atoms with Crippen molar-refractivity contribution in [2.75, 3.05) is 25.9 Å². The predicted molar refractivity (Wildman–Crippen MR) is 64.4 cm³/mol. The molecular formula is C12H15FN2O3. The lowest BCUT2D eigenvalue weighted by molar-refractivity contribution is -0.133. The molecule has 0 unspecified atom stereocenters. The van der Waals surface area contributed by atoms with Crippen LogP contribution in [-0.4, -0.2) is 37.0 Å². The number of amides is 1. The van der Waals surface area contributed by atoms with E-state index in [0.717, 1.165) is 6.07 Å². The highest BCUT2D eigenvalue weighted by Gasteiger charge is 2.16. The van der Waals surface area contributed by atoms with Gasteiger partial charge in [-0.3, -0.25) is 4.79 Å². The normalized spacial score (nSPS) is 9.94. The lowest BCUT2D eigenvalue weighted by Gasteiger charge is -2.14. The first kappa shape index (κ1) is 14.0. The maximum Gasteiger partial charge on any atom is 0.341 e. The molecule has 0 saturated heterocycles. The third kappa shape index (κ3) is 3.44. The summed E-state index contributed by atoms with van der Waals surface area (Å²) in [5, 5.41) is 0. The first-order valence-corrected chi connectivity index (χ1v) is 5.41. The maximum atomic E-state index is 13.4. The summed E-state index contributed by atoms with van der Waals surface area (Å²) in [5.74, 6) is -2.00. The van der Waals surface area contributed by atoms with Crippen LogP contribution < -0.4 is 5.73 Å². The molecule has 0 aliphatic carbocycles. The van der Waals surface area contributed by atoms with E-state index >= 15 is 0 Å². The minimum absolute atomic E-state index is 0.214. The van der Waals surface area contributed by atoms with Crippen molar-refractivity contribution < 1.29 is 18.7 Å². The third-order valence-corrected chi connectivity index (χ3v) is 2.44. The molecule has 1 rings (SSSR count). The Labute approximate surface area is 104 Å². The monoisotopic (exact) mass is 254 g/mol. The zero-order valence-electron chi connectivity index (χ0n) is 10.3. The van der Waals surface area contributed by atoms with Crippen molar-refractivity contribution in [1.82, 2.24) is 4.90 Å². The van der Waals surface area contributed by atoms with Gasteiger partial charge in [0.2, 0.25) is 0 Å². The molecule has 5 nitrogen and oxygen atoms in total. The van der Waals surface area contributed by atoms with Gasteiger partial charge in [-0.05, 0) is 25.1 Å². The molecule has 6 heteroatoms. The van der Waals surface area contributed by atoms with Gasteiger partial charge in [0.1, 0.15) is 5.82 Å². The number of carbonyl (C=O) groups is 2. The molecule has 1 aromatic carbocycles. The van der Waals surface area contributed by atoms with E-state index in [4.69, 9.17) is 10.5 Å². The van der Waals surface area contributed by atoms with Crippen molar-refractivity contribution >= 4 is 17.6 Å². The minimum atomic E-state index is -0.884. The Bertz CT molecular complexity index is 463. The van der Waals surface area contributed by atoms with E-state index in [1.165, 1.54) is 17.0 Å². The number of rotatable bonds is 4. The highest BCUT2D eigenvalue weighted by Crippen LogP contribution is 2.12. The zero-order valence-corrected chi connectivity index (χ0v) is 10.3. The standard InChI is InChI=1S/C12H15FN2O3/c1-3-15(2)11(16)7-18-12(17)9-5-4-8(14)6-10(9)13/h4-6H,3,7,14H2,1-2H3. The maximum absolute atomic E-state index is 13.4. The second-order valence-corrected chi connectivity index (χ2v) is 3.72. The lowest BCUT2D eigenvalue weighted by atomic mass is 10.2. The van der Waals surface area contributed by atoms with Gasteiger partial charge in [-0.2, -0.15) is 0 Å². The van der Waals surface area contributed by atoms with E-state index in [1.807, 2.05) is 0 Å². The van der Waals surface area contributed by atoms with E-state index < -0.39 is 18.4 Å². The number of nitrogens with two attached hydrogens (primary N) is 1. The molecule has 1 aromatic rings. The Morgan fingerprint density at radius 1 is 1.44 bits per heavy atom. The summed E-state index contributed by atoms with van der Waals surface area (Å²) in [6.45, 7) is 1.89. The lowest BCUT2D eigenvalue weighted by Crippen LogP contribution is -2.31. The molecule has 0 aliphatic heterocycles. The number of carbonyl (C=O) groups excluding carboxylic acids is 2. The number of benzene rings is 1. The van der Waals surface area contributed by atoms with Crippen LogP contribution in [0, 0.1) is 5.82 Å². The summed E-state index contributed by atoms with van der Waals surface area (Å²) in [4.78, 5) is 24.3. The van der Waals surface area contributed by atoms with Gasteiger partial charge in [0.25, 0.3) is 5.91 Å². The molecule has 2 N–H and O–H groups in total. The fourth-order valence-corrected chi connectivity index (χ4v) is 1.19. The summed E-state index contributed by atoms with van der Waals surface area (Å²) < 4.78 is 18.1. The number of hydrogen-bond acceptors (Lipinski definition) is 4. The number of hydrogen-bond donors (Lipinski definition) is 1. The van der Waals surface area contributed by atoms with Gasteiger partial charge < -0.3 is 15.4 Å². The highest BCUT2D eigenvalue weighted by atomic mass is 19.1. The van der Waals surface area contributed by atoms with E-state index in [1.54, 1.807) is 14.0 Å². The molecule has 0 aliphatic rings. The fraction of sp³-hybridized carbons (Fsp3) is 0.333. The van der Waals surface area contributed by atoms with Gasteiger partial charge in [-0.1, -0.05) is 0 Å². The molecule has 0 spiro atoms. The van der Waals surface area contributed by atoms with Crippen molar-refractivity contribution in [2.45, 2.75) is 6.92 Å². The van der Waals surface area contributed by atoms with Crippen molar-refractivity contribution in [2.24, 2.45) is 0 Å². The van der Waals surface area contributed by atoms with Crippen molar-refractivity contribution in [1.29, 1.82) is 0 Å². The molecule has 1 amide bonds. The average Bonchev–Trinajstić information content (AvgIpc) is 2.34. The van der Waals surface area contributed by atoms with Gasteiger partial charge >= 0.3 is 5.97 Å². The Morgan fingerprint density at radius 2 is 2.11 bits per heavy atom.